The zero-order valence-corrected chi connectivity index (χ0v) is 20.5. The van der Waals surface area contributed by atoms with E-state index < -0.39 is 0 Å². The van der Waals surface area contributed by atoms with Crippen LogP contribution in [0, 0.1) is 5.41 Å². The fourth-order valence-electron chi connectivity index (χ4n) is 4.66. The average Bonchev–Trinajstić information content (AvgIpc) is 2.83. The second-order valence-corrected chi connectivity index (χ2v) is 9.78. The van der Waals surface area contributed by atoms with Crippen LogP contribution in [0.1, 0.15) is 19.3 Å². The van der Waals surface area contributed by atoms with E-state index in [1.807, 2.05) is 0 Å². The van der Waals surface area contributed by atoms with Crippen LogP contribution in [0.4, 0.5) is 5.69 Å². The second-order valence-electron chi connectivity index (χ2n) is 9.37. The van der Waals surface area contributed by atoms with E-state index in [4.69, 9.17) is 36.3 Å². The maximum atomic E-state index is 12.7. The third-order valence-corrected chi connectivity index (χ3v) is 7.23. The number of aromatic nitrogens is 1. The molecule has 2 fully saturated rings. The molecule has 0 atom stereocenters. The van der Waals surface area contributed by atoms with Gasteiger partial charge in [0.1, 0.15) is 5.75 Å². The molecule has 2 saturated heterocycles. The lowest BCUT2D eigenvalue weighted by atomic mass is 9.77. The van der Waals surface area contributed by atoms with Gasteiger partial charge in [-0.05, 0) is 50.6 Å². The largest absolute Gasteiger partial charge is 0.493 e. The molecule has 5 rings (SSSR count). The summed E-state index contributed by atoms with van der Waals surface area (Å²) in [5, 5.41) is 0.867. The first kappa shape index (κ1) is 23.8. The standard InChI is InChI=1S/C26H30ClN3O5/c1-32-23-12-18-21(29-25(14-22(18)31)35-17-3-4-20(28)19(27)11-17)13-24(23)34-10-2-7-30-8-5-26(6-9-30)15-33-16-26/h3-4,11-14H,2,5-10,15-16,28H2,1H3,(H,29,31). The number of nitrogen functional groups attached to an aromatic ring is 1. The monoisotopic (exact) mass is 499 g/mol. The molecule has 2 aromatic carbocycles. The summed E-state index contributed by atoms with van der Waals surface area (Å²) in [5.74, 6) is 1.86. The van der Waals surface area contributed by atoms with Crippen molar-refractivity contribution in [3.63, 3.8) is 0 Å². The number of fused-ring (bicyclic) bond motifs is 1. The van der Waals surface area contributed by atoms with Crippen LogP contribution in [0.5, 0.6) is 23.1 Å². The molecule has 0 radical (unpaired) electrons. The van der Waals surface area contributed by atoms with Gasteiger partial charge < -0.3 is 34.6 Å². The molecule has 8 nitrogen and oxygen atoms in total. The van der Waals surface area contributed by atoms with E-state index in [0.29, 0.717) is 56.8 Å². The van der Waals surface area contributed by atoms with Crippen molar-refractivity contribution in [2.45, 2.75) is 19.3 Å². The van der Waals surface area contributed by atoms with Crippen molar-refractivity contribution in [3.05, 3.63) is 51.6 Å². The van der Waals surface area contributed by atoms with E-state index in [2.05, 4.69) is 9.88 Å². The van der Waals surface area contributed by atoms with Gasteiger partial charge in [-0.2, -0.15) is 0 Å². The molecule has 2 aliphatic heterocycles. The SMILES string of the molecule is COc1cc2c(=O)cc(Oc3ccc(N)c(Cl)c3)[nH]c2cc1OCCCN1CCC2(CC1)COC2. The number of pyridine rings is 1. The number of methoxy groups -OCH3 is 1. The van der Waals surface area contributed by atoms with Crippen LogP contribution in [0.25, 0.3) is 10.9 Å². The highest BCUT2D eigenvalue weighted by Gasteiger charge is 2.40. The molecule has 3 N–H and O–H groups in total. The Labute approximate surface area is 208 Å². The van der Waals surface area contributed by atoms with Gasteiger partial charge in [-0.15, -0.1) is 0 Å². The number of nitrogens with zero attached hydrogens (tertiary/aromatic N) is 1. The first-order chi connectivity index (χ1) is 16.9. The van der Waals surface area contributed by atoms with Gasteiger partial charge in [-0.3, -0.25) is 4.79 Å². The summed E-state index contributed by atoms with van der Waals surface area (Å²) in [6, 6.07) is 9.80. The van der Waals surface area contributed by atoms with Crippen molar-refractivity contribution >= 4 is 28.2 Å². The number of hydrogen-bond acceptors (Lipinski definition) is 7. The molecule has 0 unspecified atom stereocenters. The highest BCUT2D eigenvalue weighted by atomic mass is 35.5. The highest BCUT2D eigenvalue weighted by molar-refractivity contribution is 6.33. The number of ether oxygens (including phenoxy) is 4. The molecule has 0 amide bonds. The molecular formula is C26H30ClN3O5. The van der Waals surface area contributed by atoms with Gasteiger partial charge >= 0.3 is 0 Å². The third kappa shape index (κ3) is 5.19. The fraction of sp³-hybridized carbons (Fsp3) is 0.423. The van der Waals surface area contributed by atoms with Crippen molar-refractivity contribution in [2.24, 2.45) is 5.41 Å². The molecule has 1 spiro atoms. The van der Waals surface area contributed by atoms with Crippen molar-refractivity contribution in [1.82, 2.24) is 9.88 Å². The normalized spacial score (nSPS) is 17.3. The summed E-state index contributed by atoms with van der Waals surface area (Å²) in [6.45, 7) is 5.63. The van der Waals surface area contributed by atoms with Crippen molar-refractivity contribution in [3.8, 4) is 23.1 Å². The van der Waals surface area contributed by atoms with E-state index in [0.717, 1.165) is 39.3 Å². The summed E-state index contributed by atoms with van der Waals surface area (Å²) >= 11 is 6.08. The molecule has 0 bridgehead atoms. The topological polar surface area (TPSA) is 99.0 Å². The van der Waals surface area contributed by atoms with Crippen LogP contribution in [0.2, 0.25) is 5.02 Å². The number of aromatic amines is 1. The highest BCUT2D eigenvalue weighted by Crippen LogP contribution is 2.38. The molecule has 3 heterocycles. The summed E-state index contributed by atoms with van der Waals surface area (Å²) < 4.78 is 22.8. The lowest BCUT2D eigenvalue weighted by Gasteiger charge is -2.47. The zero-order valence-electron chi connectivity index (χ0n) is 19.8. The van der Waals surface area contributed by atoms with Crippen LogP contribution < -0.4 is 25.4 Å². The summed E-state index contributed by atoms with van der Waals surface area (Å²) in [5.41, 5.74) is 7.06. The van der Waals surface area contributed by atoms with E-state index in [1.165, 1.54) is 18.9 Å². The Kier molecular flexibility index (Phi) is 6.77. The predicted molar refractivity (Wildman–Crippen MR) is 136 cm³/mol. The maximum Gasteiger partial charge on any atom is 0.201 e. The van der Waals surface area contributed by atoms with Crippen molar-refractivity contribution < 1.29 is 18.9 Å². The molecule has 35 heavy (non-hydrogen) atoms. The van der Waals surface area contributed by atoms with Crippen molar-refractivity contribution in [1.29, 1.82) is 0 Å². The zero-order chi connectivity index (χ0) is 24.4. The molecule has 3 aromatic rings. The van der Waals surface area contributed by atoms with Crippen LogP contribution in [-0.2, 0) is 4.74 Å². The Bertz CT molecular complexity index is 1260. The van der Waals surface area contributed by atoms with E-state index in [1.54, 1.807) is 37.4 Å². The van der Waals surface area contributed by atoms with Crippen LogP contribution >= 0.6 is 11.6 Å². The molecule has 1 aromatic heterocycles. The van der Waals surface area contributed by atoms with Crippen LogP contribution in [-0.4, -0.2) is 56.4 Å². The number of H-pyrrole nitrogens is 1. The first-order valence-corrected chi connectivity index (χ1v) is 12.2. The number of rotatable bonds is 8. The quantitative estimate of drug-likeness (QED) is 0.349. The Morgan fingerprint density at radius 3 is 2.63 bits per heavy atom. The molecular weight excluding hydrogens is 470 g/mol. The van der Waals surface area contributed by atoms with Gasteiger partial charge in [0.15, 0.2) is 16.9 Å². The third-order valence-electron chi connectivity index (χ3n) is 6.90. The second kappa shape index (κ2) is 9.97. The number of benzene rings is 2. The smallest absolute Gasteiger partial charge is 0.201 e. The maximum absolute atomic E-state index is 12.7. The summed E-state index contributed by atoms with van der Waals surface area (Å²) in [6.07, 6.45) is 3.33. The Balaban J connectivity index is 1.25. The minimum atomic E-state index is -0.195. The number of likely N-dealkylation sites (tertiary alicyclic amines) is 1. The van der Waals surface area contributed by atoms with Gasteiger partial charge in [-0.25, -0.2) is 0 Å². The summed E-state index contributed by atoms with van der Waals surface area (Å²) in [4.78, 5) is 18.4. The van der Waals surface area contributed by atoms with Crippen LogP contribution in [0.15, 0.2) is 41.2 Å². The van der Waals surface area contributed by atoms with E-state index >= 15 is 0 Å². The van der Waals surface area contributed by atoms with Gasteiger partial charge in [0.05, 0.1) is 43.2 Å². The number of anilines is 1. The first-order valence-electron chi connectivity index (χ1n) is 11.9. The molecule has 2 aliphatic rings. The van der Waals surface area contributed by atoms with E-state index in [9.17, 15) is 4.79 Å². The van der Waals surface area contributed by atoms with Gasteiger partial charge in [0.2, 0.25) is 5.88 Å². The number of halogens is 1. The Hall–Kier alpha value is -2.94. The molecule has 0 aliphatic carbocycles. The predicted octanol–water partition coefficient (Wildman–Crippen LogP) is 4.45. The van der Waals surface area contributed by atoms with E-state index in [-0.39, 0.29) is 5.43 Å². The number of nitrogens with one attached hydrogen (secondary N) is 1. The molecule has 186 valence electrons. The number of piperidine rings is 1. The Morgan fingerprint density at radius 2 is 1.94 bits per heavy atom. The minimum Gasteiger partial charge on any atom is -0.493 e. The van der Waals surface area contributed by atoms with Gasteiger partial charge in [0, 0.05) is 35.5 Å². The van der Waals surface area contributed by atoms with Crippen LogP contribution in [0.3, 0.4) is 0 Å². The number of hydrogen-bond donors (Lipinski definition) is 2. The number of nitrogens with two attached hydrogens (primary N) is 1. The molecule has 0 saturated carbocycles. The molecule has 9 heteroatoms. The van der Waals surface area contributed by atoms with Crippen molar-refractivity contribution in [2.75, 3.05) is 52.3 Å². The lowest BCUT2D eigenvalue weighted by molar-refractivity contribution is -0.139. The fourth-order valence-corrected chi connectivity index (χ4v) is 4.83. The van der Waals surface area contributed by atoms with Gasteiger partial charge in [-0.1, -0.05) is 11.6 Å². The summed E-state index contributed by atoms with van der Waals surface area (Å²) in [7, 11) is 1.57. The minimum absolute atomic E-state index is 0.195. The lowest BCUT2D eigenvalue weighted by Crippen LogP contribution is -2.51. The average molecular weight is 500 g/mol. The Morgan fingerprint density at radius 1 is 1.14 bits per heavy atom. The van der Waals surface area contributed by atoms with Gasteiger partial charge in [0.25, 0.3) is 0 Å².